The molecule has 0 radical (unpaired) electrons. The van der Waals surface area contributed by atoms with Crippen LogP contribution in [0.1, 0.15) is 35.3 Å². The first-order valence-corrected chi connectivity index (χ1v) is 8.73. The lowest BCUT2D eigenvalue weighted by Gasteiger charge is -2.33. The van der Waals surface area contributed by atoms with Crippen LogP contribution in [0.3, 0.4) is 0 Å². The lowest BCUT2D eigenvalue weighted by molar-refractivity contribution is 0.0635. The summed E-state index contributed by atoms with van der Waals surface area (Å²) in [5.74, 6) is 0.690. The normalized spacial score (nSPS) is 16.3. The van der Waals surface area contributed by atoms with Crippen molar-refractivity contribution in [2.45, 2.75) is 33.2 Å². The first-order valence-electron chi connectivity index (χ1n) is 8.73. The minimum Gasteiger partial charge on any atom is -0.493 e. The lowest BCUT2D eigenvalue weighted by atomic mass is 9.95. The molecule has 2 aromatic rings. The lowest BCUT2D eigenvalue weighted by Crippen LogP contribution is -2.43. The van der Waals surface area contributed by atoms with Crippen molar-refractivity contribution >= 4 is 5.91 Å². The third-order valence-electron chi connectivity index (χ3n) is 4.71. The number of hydrogen-bond acceptors (Lipinski definition) is 2. The zero-order valence-corrected chi connectivity index (χ0v) is 15.0. The molecule has 1 atom stereocenters. The number of benzene rings is 2. The summed E-state index contributed by atoms with van der Waals surface area (Å²) in [6.07, 6.45) is 0.884. The number of aryl methyl sites for hydroxylation is 1. The van der Waals surface area contributed by atoms with Crippen LogP contribution in [0.2, 0.25) is 0 Å². The van der Waals surface area contributed by atoms with Gasteiger partial charge >= 0.3 is 0 Å². The Kier molecular flexibility index (Phi) is 5.07. The maximum absolute atomic E-state index is 13.8. The van der Waals surface area contributed by atoms with Crippen LogP contribution >= 0.6 is 0 Å². The maximum atomic E-state index is 13.8. The van der Waals surface area contributed by atoms with Crippen LogP contribution in [0.5, 0.6) is 5.75 Å². The minimum absolute atomic E-state index is 0.0361. The van der Waals surface area contributed by atoms with Gasteiger partial charge in [-0.05, 0) is 56.5 Å². The predicted octanol–water partition coefficient (Wildman–Crippen LogP) is 4.24. The van der Waals surface area contributed by atoms with E-state index in [1.165, 1.54) is 11.6 Å². The molecule has 0 aliphatic carbocycles. The molecule has 1 heterocycles. The Morgan fingerprint density at radius 3 is 2.76 bits per heavy atom. The number of carbonyl (C=O) groups is 1. The Morgan fingerprint density at radius 2 is 2.04 bits per heavy atom. The molecule has 1 unspecified atom stereocenters. The highest BCUT2D eigenvalue weighted by atomic mass is 19.1. The van der Waals surface area contributed by atoms with Gasteiger partial charge in [-0.15, -0.1) is 0 Å². The second-order valence-electron chi connectivity index (χ2n) is 7.00. The average Bonchev–Trinajstić information content (AvgIpc) is 2.61. The van der Waals surface area contributed by atoms with Crippen molar-refractivity contribution in [1.29, 1.82) is 0 Å². The highest BCUT2D eigenvalue weighted by molar-refractivity contribution is 5.94. The van der Waals surface area contributed by atoms with Crippen molar-refractivity contribution in [2.24, 2.45) is 5.92 Å². The van der Waals surface area contributed by atoms with Gasteiger partial charge in [-0.1, -0.05) is 24.3 Å². The van der Waals surface area contributed by atoms with E-state index in [-0.39, 0.29) is 23.7 Å². The van der Waals surface area contributed by atoms with E-state index in [1.807, 2.05) is 36.9 Å². The third-order valence-corrected chi connectivity index (χ3v) is 4.71. The summed E-state index contributed by atoms with van der Waals surface area (Å²) in [5, 5.41) is 0. The van der Waals surface area contributed by atoms with E-state index in [1.54, 1.807) is 19.1 Å². The molecule has 0 bridgehead atoms. The van der Waals surface area contributed by atoms with E-state index in [4.69, 9.17) is 4.74 Å². The molecule has 4 heteroatoms. The van der Waals surface area contributed by atoms with Crippen LogP contribution in [0.25, 0.3) is 0 Å². The standard InChI is InChI=1S/C21H24FNO2/c1-14(2)23(21(24)18-9-8-15(3)19(22)11-18)12-16-10-17-6-4-5-7-20(17)25-13-16/h4-9,11,14,16H,10,12-13H2,1-3H3. The monoisotopic (exact) mass is 341 g/mol. The number of fused-ring (bicyclic) bond motifs is 1. The molecule has 1 aliphatic heterocycles. The van der Waals surface area contributed by atoms with Gasteiger partial charge < -0.3 is 9.64 Å². The molecular formula is C21H24FNO2. The van der Waals surface area contributed by atoms with Gasteiger partial charge in [0.2, 0.25) is 0 Å². The number of para-hydroxylation sites is 1. The molecule has 0 aromatic heterocycles. The van der Waals surface area contributed by atoms with Crippen molar-refractivity contribution in [3.63, 3.8) is 0 Å². The Balaban J connectivity index is 1.75. The fraction of sp³-hybridized carbons (Fsp3) is 0.381. The Bertz CT molecular complexity index is 772. The summed E-state index contributed by atoms with van der Waals surface area (Å²) >= 11 is 0. The fourth-order valence-corrected chi connectivity index (χ4v) is 3.21. The molecule has 2 aromatic carbocycles. The molecule has 0 fully saturated rings. The number of halogens is 1. The highest BCUT2D eigenvalue weighted by Gasteiger charge is 2.26. The van der Waals surface area contributed by atoms with Gasteiger partial charge in [0.15, 0.2) is 0 Å². The summed E-state index contributed by atoms with van der Waals surface area (Å²) in [4.78, 5) is 14.7. The highest BCUT2D eigenvalue weighted by Crippen LogP contribution is 2.28. The Labute approximate surface area is 148 Å². The molecule has 0 saturated heterocycles. The number of ether oxygens (including phenoxy) is 1. The van der Waals surface area contributed by atoms with Gasteiger partial charge in [-0.3, -0.25) is 4.79 Å². The quantitative estimate of drug-likeness (QED) is 0.833. The van der Waals surface area contributed by atoms with E-state index < -0.39 is 0 Å². The summed E-state index contributed by atoms with van der Waals surface area (Å²) in [5.41, 5.74) is 2.12. The number of amides is 1. The van der Waals surface area contributed by atoms with Gasteiger partial charge in [0.05, 0.1) is 6.61 Å². The van der Waals surface area contributed by atoms with Crippen LogP contribution in [0.15, 0.2) is 42.5 Å². The third kappa shape index (κ3) is 3.84. The van der Waals surface area contributed by atoms with Crippen molar-refractivity contribution in [3.8, 4) is 5.75 Å². The van der Waals surface area contributed by atoms with Gasteiger partial charge in [0.25, 0.3) is 5.91 Å². The van der Waals surface area contributed by atoms with Crippen molar-refractivity contribution < 1.29 is 13.9 Å². The molecule has 1 aliphatic rings. The summed E-state index contributed by atoms with van der Waals surface area (Å²) < 4.78 is 19.7. The molecule has 0 N–H and O–H groups in total. The van der Waals surface area contributed by atoms with E-state index in [0.717, 1.165) is 12.2 Å². The molecule has 0 spiro atoms. The second kappa shape index (κ2) is 7.26. The van der Waals surface area contributed by atoms with E-state index in [0.29, 0.717) is 24.3 Å². The van der Waals surface area contributed by atoms with Crippen LogP contribution < -0.4 is 4.74 Å². The van der Waals surface area contributed by atoms with Crippen LogP contribution in [0, 0.1) is 18.7 Å². The van der Waals surface area contributed by atoms with Gasteiger partial charge in [0, 0.05) is 24.1 Å². The summed E-state index contributed by atoms with van der Waals surface area (Å²) in [7, 11) is 0. The van der Waals surface area contributed by atoms with Gasteiger partial charge in [-0.2, -0.15) is 0 Å². The first-order chi connectivity index (χ1) is 12.0. The number of nitrogens with zero attached hydrogens (tertiary/aromatic N) is 1. The molecule has 3 nitrogen and oxygen atoms in total. The topological polar surface area (TPSA) is 29.5 Å². The second-order valence-corrected chi connectivity index (χ2v) is 7.00. The SMILES string of the molecule is Cc1ccc(C(=O)N(CC2COc3ccccc3C2)C(C)C)cc1F. The molecular weight excluding hydrogens is 317 g/mol. The zero-order chi connectivity index (χ0) is 18.0. The molecule has 1 amide bonds. The summed E-state index contributed by atoms with van der Waals surface area (Å²) in [6.45, 7) is 6.86. The van der Waals surface area contributed by atoms with E-state index in [2.05, 4.69) is 6.07 Å². The largest absolute Gasteiger partial charge is 0.493 e. The average molecular weight is 341 g/mol. The fourth-order valence-electron chi connectivity index (χ4n) is 3.21. The number of carbonyl (C=O) groups excluding carboxylic acids is 1. The first kappa shape index (κ1) is 17.5. The molecule has 132 valence electrons. The van der Waals surface area contributed by atoms with Gasteiger partial charge in [-0.25, -0.2) is 4.39 Å². The van der Waals surface area contributed by atoms with Crippen LogP contribution in [0.4, 0.5) is 4.39 Å². The van der Waals surface area contributed by atoms with Crippen molar-refractivity contribution in [2.75, 3.05) is 13.2 Å². The smallest absolute Gasteiger partial charge is 0.254 e. The van der Waals surface area contributed by atoms with Crippen LogP contribution in [-0.4, -0.2) is 30.0 Å². The van der Waals surface area contributed by atoms with Crippen LogP contribution in [-0.2, 0) is 6.42 Å². The molecule has 3 rings (SSSR count). The van der Waals surface area contributed by atoms with Crippen molar-refractivity contribution in [3.05, 3.63) is 65.0 Å². The van der Waals surface area contributed by atoms with Crippen molar-refractivity contribution in [1.82, 2.24) is 4.90 Å². The Morgan fingerprint density at radius 1 is 1.28 bits per heavy atom. The maximum Gasteiger partial charge on any atom is 0.254 e. The van der Waals surface area contributed by atoms with E-state index in [9.17, 15) is 9.18 Å². The minimum atomic E-state index is -0.343. The summed E-state index contributed by atoms with van der Waals surface area (Å²) in [6, 6.07) is 12.7. The molecule has 0 saturated carbocycles. The number of rotatable bonds is 4. The molecule has 25 heavy (non-hydrogen) atoms. The predicted molar refractivity (Wildman–Crippen MR) is 96.4 cm³/mol. The van der Waals surface area contributed by atoms with Gasteiger partial charge in [0.1, 0.15) is 11.6 Å². The van der Waals surface area contributed by atoms with E-state index >= 15 is 0 Å². The Hall–Kier alpha value is -2.36. The number of hydrogen-bond donors (Lipinski definition) is 0. The zero-order valence-electron chi connectivity index (χ0n) is 15.0.